The van der Waals surface area contributed by atoms with Gasteiger partial charge < -0.3 is 24.6 Å². The van der Waals surface area contributed by atoms with Gasteiger partial charge in [0, 0.05) is 11.8 Å². The summed E-state index contributed by atoms with van der Waals surface area (Å²) in [6.07, 6.45) is 0. The number of hydrogen-bond acceptors (Lipinski definition) is 7. The molecule has 0 atom stereocenters. The molecule has 25 heavy (non-hydrogen) atoms. The minimum atomic E-state index is -0.400. The molecule has 2 aromatic heterocycles. The zero-order valence-corrected chi connectivity index (χ0v) is 14.6. The van der Waals surface area contributed by atoms with Crippen molar-refractivity contribution < 1.29 is 18.8 Å². The van der Waals surface area contributed by atoms with Crippen LogP contribution in [0, 0.1) is 6.92 Å². The number of rotatable bonds is 5. The number of amides is 2. The Morgan fingerprint density at radius 3 is 2.64 bits per heavy atom. The van der Waals surface area contributed by atoms with Crippen LogP contribution in [0.1, 0.15) is 5.82 Å². The highest BCUT2D eigenvalue weighted by atomic mass is 32.1. The van der Waals surface area contributed by atoms with Crippen LogP contribution < -0.4 is 20.1 Å². The second-order valence-corrected chi connectivity index (χ2v) is 5.88. The van der Waals surface area contributed by atoms with Crippen molar-refractivity contribution in [3.05, 3.63) is 35.5 Å². The zero-order chi connectivity index (χ0) is 17.8. The van der Waals surface area contributed by atoms with Gasteiger partial charge in [-0.15, -0.1) is 11.3 Å². The van der Waals surface area contributed by atoms with Crippen LogP contribution in [0.25, 0.3) is 10.8 Å². The molecular formula is C16H16N4O4S. The quantitative estimate of drug-likeness (QED) is 0.719. The van der Waals surface area contributed by atoms with Crippen LogP contribution in [-0.2, 0) is 0 Å². The fourth-order valence-corrected chi connectivity index (χ4v) is 2.93. The number of methoxy groups -OCH3 is 2. The third kappa shape index (κ3) is 3.72. The van der Waals surface area contributed by atoms with Crippen LogP contribution in [0.3, 0.4) is 0 Å². The number of thiophene rings is 1. The Hall–Kier alpha value is -3.07. The monoisotopic (exact) mass is 360 g/mol. The van der Waals surface area contributed by atoms with Crippen LogP contribution in [0.5, 0.6) is 11.5 Å². The van der Waals surface area contributed by atoms with Crippen LogP contribution in [0.4, 0.5) is 16.2 Å². The summed E-state index contributed by atoms with van der Waals surface area (Å²) >= 11 is 1.40. The predicted octanol–water partition coefficient (Wildman–Crippen LogP) is 3.77. The lowest BCUT2D eigenvalue weighted by Gasteiger charge is -2.11. The Balaban J connectivity index is 1.73. The molecule has 2 N–H and O–H groups in total. The first-order valence-electron chi connectivity index (χ1n) is 7.29. The van der Waals surface area contributed by atoms with E-state index in [0.717, 1.165) is 0 Å². The Kier molecular flexibility index (Phi) is 4.85. The maximum Gasteiger partial charge on any atom is 0.323 e. The van der Waals surface area contributed by atoms with Crippen molar-refractivity contribution in [2.24, 2.45) is 0 Å². The van der Waals surface area contributed by atoms with Gasteiger partial charge in [0.05, 0.1) is 19.9 Å². The normalized spacial score (nSPS) is 10.4. The molecule has 130 valence electrons. The summed E-state index contributed by atoms with van der Waals surface area (Å²) in [6.45, 7) is 1.73. The summed E-state index contributed by atoms with van der Waals surface area (Å²) in [4.78, 5) is 17.1. The van der Waals surface area contributed by atoms with Crippen LogP contribution in [0.2, 0.25) is 0 Å². The van der Waals surface area contributed by atoms with Gasteiger partial charge in [-0.1, -0.05) is 5.16 Å². The lowest BCUT2D eigenvalue weighted by Crippen LogP contribution is -2.19. The Bertz CT molecular complexity index is 890. The van der Waals surface area contributed by atoms with Gasteiger partial charge in [-0.2, -0.15) is 4.98 Å². The van der Waals surface area contributed by atoms with Crippen molar-refractivity contribution in [1.82, 2.24) is 10.1 Å². The maximum absolute atomic E-state index is 12.3. The molecule has 2 heterocycles. The van der Waals surface area contributed by atoms with E-state index in [1.807, 2.05) is 5.38 Å². The Morgan fingerprint density at radius 1 is 1.16 bits per heavy atom. The molecule has 9 heteroatoms. The highest BCUT2D eigenvalue weighted by molar-refractivity contribution is 7.14. The maximum atomic E-state index is 12.3. The van der Waals surface area contributed by atoms with Gasteiger partial charge in [0.2, 0.25) is 0 Å². The van der Waals surface area contributed by atoms with Gasteiger partial charge in [0.1, 0.15) is 4.88 Å². The van der Waals surface area contributed by atoms with Gasteiger partial charge in [-0.05, 0) is 30.5 Å². The largest absolute Gasteiger partial charge is 0.493 e. The van der Waals surface area contributed by atoms with Crippen LogP contribution in [0.15, 0.2) is 34.2 Å². The molecule has 3 rings (SSSR count). The molecule has 2 amide bonds. The molecule has 0 bridgehead atoms. The van der Waals surface area contributed by atoms with Gasteiger partial charge >= 0.3 is 6.03 Å². The molecule has 0 aliphatic rings. The molecule has 0 unspecified atom stereocenters. The topological polar surface area (TPSA) is 98.5 Å². The second kappa shape index (κ2) is 7.22. The molecule has 0 saturated heterocycles. The fraction of sp³-hybridized carbons (Fsp3) is 0.188. The number of urea groups is 1. The summed E-state index contributed by atoms with van der Waals surface area (Å²) in [5, 5.41) is 11.1. The van der Waals surface area contributed by atoms with Crippen molar-refractivity contribution in [1.29, 1.82) is 0 Å². The van der Waals surface area contributed by atoms with E-state index >= 15 is 0 Å². The Labute approximate surface area is 147 Å². The molecular weight excluding hydrogens is 344 g/mol. The van der Waals surface area contributed by atoms with E-state index in [-0.39, 0.29) is 0 Å². The molecule has 8 nitrogen and oxygen atoms in total. The smallest absolute Gasteiger partial charge is 0.323 e. The van der Waals surface area contributed by atoms with Crippen molar-refractivity contribution >= 4 is 28.7 Å². The molecule has 3 aromatic rings. The standard InChI is InChI=1S/C16H16N4O4S/c1-9-17-15(24-20-9)14-11(6-7-25-14)19-16(21)18-10-4-5-12(22-2)13(8-10)23-3/h4-8H,1-3H3,(H2,18,19,21). The van der Waals surface area contributed by atoms with E-state index in [9.17, 15) is 4.79 Å². The lowest BCUT2D eigenvalue weighted by atomic mass is 10.3. The first-order chi connectivity index (χ1) is 12.1. The number of carbonyl (C=O) groups is 1. The average Bonchev–Trinajstić information content (AvgIpc) is 3.23. The van der Waals surface area contributed by atoms with E-state index in [1.54, 1.807) is 38.3 Å². The van der Waals surface area contributed by atoms with Gasteiger partial charge in [0.25, 0.3) is 5.89 Å². The third-order valence-corrected chi connectivity index (χ3v) is 4.18. The van der Waals surface area contributed by atoms with Crippen LogP contribution >= 0.6 is 11.3 Å². The van der Waals surface area contributed by atoms with Crippen molar-refractivity contribution in [3.8, 4) is 22.3 Å². The van der Waals surface area contributed by atoms with Crippen molar-refractivity contribution in [3.63, 3.8) is 0 Å². The summed E-state index contributed by atoms with van der Waals surface area (Å²) in [5.41, 5.74) is 1.16. The second-order valence-electron chi connectivity index (χ2n) is 4.96. The van der Waals surface area contributed by atoms with E-state index in [0.29, 0.717) is 39.5 Å². The minimum absolute atomic E-state index is 0.369. The van der Waals surface area contributed by atoms with Gasteiger partial charge in [-0.25, -0.2) is 4.79 Å². The number of nitrogens with zero attached hydrogens (tertiary/aromatic N) is 2. The highest BCUT2D eigenvalue weighted by Gasteiger charge is 2.15. The predicted molar refractivity (Wildman–Crippen MR) is 94.5 cm³/mol. The summed E-state index contributed by atoms with van der Waals surface area (Å²) in [6, 6.07) is 6.48. The van der Waals surface area contributed by atoms with E-state index in [2.05, 4.69) is 20.8 Å². The number of hydrogen-bond donors (Lipinski definition) is 2. The van der Waals surface area contributed by atoms with Gasteiger partial charge in [-0.3, -0.25) is 0 Å². The fourth-order valence-electron chi connectivity index (χ4n) is 2.16. The number of benzene rings is 1. The minimum Gasteiger partial charge on any atom is -0.493 e. The first-order valence-corrected chi connectivity index (χ1v) is 8.17. The number of aryl methyl sites for hydroxylation is 1. The molecule has 0 radical (unpaired) electrons. The molecule has 1 aromatic carbocycles. The number of nitrogens with one attached hydrogen (secondary N) is 2. The number of carbonyl (C=O) groups excluding carboxylic acids is 1. The SMILES string of the molecule is COc1ccc(NC(=O)Nc2ccsc2-c2nc(C)no2)cc1OC. The lowest BCUT2D eigenvalue weighted by molar-refractivity contribution is 0.262. The molecule has 0 aliphatic carbocycles. The van der Waals surface area contributed by atoms with E-state index in [4.69, 9.17) is 14.0 Å². The van der Waals surface area contributed by atoms with Crippen molar-refractivity contribution in [2.45, 2.75) is 6.92 Å². The number of aromatic nitrogens is 2. The van der Waals surface area contributed by atoms with E-state index in [1.165, 1.54) is 18.4 Å². The number of ether oxygens (including phenoxy) is 2. The van der Waals surface area contributed by atoms with Crippen molar-refractivity contribution in [2.75, 3.05) is 24.9 Å². The molecule has 0 spiro atoms. The summed E-state index contributed by atoms with van der Waals surface area (Å²) in [5.74, 6) is 2.01. The number of anilines is 2. The molecule has 0 aliphatic heterocycles. The highest BCUT2D eigenvalue weighted by Crippen LogP contribution is 2.33. The molecule has 0 fully saturated rings. The van der Waals surface area contributed by atoms with Gasteiger partial charge in [0.15, 0.2) is 17.3 Å². The van der Waals surface area contributed by atoms with E-state index < -0.39 is 6.03 Å². The zero-order valence-electron chi connectivity index (χ0n) is 13.8. The summed E-state index contributed by atoms with van der Waals surface area (Å²) in [7, 11) is 3.08. The van der Waals surface area contributed by atoms with Crippen LogP contribution in [-0.4, -0.2) is 30.4 Å². The first kappa shape index (κ1) is 16.8. The average molecular weight is 360 g/mol. The third-order valence-electron chi connectivity index (χ3n) is 3.28. The Morgan fingerprint density at radius 2 is 1.96 bits per heavy atom. The molecule has 0 saturated carbocycles. The summed E-state index contributed by atoms with van der Waals surface area (Å²) < 4.78 is 15.5.